The zero-order valence-electron chi connectivity index (χ0n) is 6.59. The lowest BCUT2D eigenvalue weighted by atomic mass is 10.0. The molecule has 1 aliphatic rings. The van der Waals surface area contributed by atoms with Gasteiger partial charge in [-0.05, 0) is 53.0 Å². The van der Waals surface area contributed by atoms with E-state index in [4.69, 9.17) is 0 Å². The average Bonchev–Trinajstić information content (AvgIpc) is 2.87. The van der Waals surface area contributed by atoms with E-state index in [0.717, 1.165) is 11.8 Å². The molecule has 1 fully saturated rings. The Morgan fingerprint density at radius 2 is 2.17 bits per heavy atom. The van der Waals surface area contributed by atoms with Crippen molar-refractivity contribution in [3.63, 3.8) is 0 Å². The molecule has 0 atom stereocenters. The number of halogens is 1. The standard InChI is InChI=1S/C10H9IO/c11-9-3-1-2-8(6-12)10(9)7-4-5-7/h1-3,6-7H,4-5H2. The Kier molecular flexibility index (Phi) is 2.17. The van der Waals surface area contributed by atoms with Crippen molar-refractivity contribution in [1.82, 2.24) is 0 Å². The molecule has 0 aliphatic heterocycles. The fourth-order valence-corrected chi connectivity index (χ4v) is 2.42. The van der Waals surface area contributed by atoms with Gasteiger partial charge in [0, 0.05) is 9.13 Å². The molecule has 0 unspecified atom stereocenters. The van der Waals surface area contributed by atoms with Crippen LogP contribution in [0.3, 0.4) is 0 Å². The van der Waals surface area contributed by atoms with Crippen molar-refractivity contribution in [3.05, 3.63) is 32.9 Å². The van der Waals surface area contributed by atoms with E-state index < -0.39 is 0 Å². The molecule has 0 aromatic heterocycles. The molecule has 0 radical (unpaired) electrons. The summed E-state index contributed by atoms with van der Waals surface area (Å²) in [6.07, 6.45) is 3.47. The third-order valence-electron chi connectivity index (χ3n) is 2.20. The summed E-state index contributed by atoms with van der Waals surface area (Å²) in [6.45, 7) is 0. The predicted molar refractivity (Wildman–Crippen MR) is 56.5 cm³/mol. The molecule has 0 amide bonds. The average molecular weight is 272 g/mol. The minimum Gasteiger partial charge on any atom is -0.298 e. The first-order valence-electron chi connectivity index (χ1n) is 4.06. The largest absolute Gasteiger partial charge is 0.298 e. The van der Waals surface area contributed by atoms with E-state index in [9.17, 15) is 4.79 Å². The summed E-state index contributed by atoms with van der Waals surface area (Å²) in [5, 5.41) is 0. The van der Waals surface area contributed by atoms with Gasteiger partial charge in [0.2, 0.25) is 0 Å². The molecule has 0 saturated heterocycles. The molecule has 0 bridgehead atoms. The second kappa shape index (κ2) is 3.17. The van der Waals surface area contributed by atoms with Crippen molar-refractivity contribution in [2.24, 2.45) is 0 Å². The fourth-order valence-electron chi connectivity index (χ4n) is 1.46. The van der Waals surface area contributed by atoms with Gasteiger partial charge in [-0.3, -0.25) is 4.79 Å². The lowest BCUT2D eigenvalue weighted by molar-refractivity contribution is 0.112. The van der Waals surface area contributed by atoms with E-state index in [1.54, 1.807) is 0 Å². The summed E-state index contributed by atoms with van der Waals surface area (Å²) in [5.41, 5.74) is 2.15. The highest BCUT2D eigenvalue weighted by Crippen LogP contribution is 2.43. The van der Waals surface area contributed by atoms with Gasteiger partial charge in [-0.1, -0.05) is 12.1 Å². The van der Waals surface area contributed by atoms with Crippen LogP contribution in [0.4, 0.5) is 0 Å². The van der Waals surface area contributed by atoms with E-state index in [2.05, 4.69) is 28.7 Å². The first kappa shape index (κ1) is 8.23. The second-order valence-corrected chi connectivity index (χ2v) is 4.30. The summed E-state index contributed by atoms with van der Waals surface area (Å²) in [7, 11) is 0. The van der Waals surface area contributed by atoms with Gasteiger partial charge >= 0.3 is 0 Å². The fraction of sp³-hybridized carbons (Fsp3) is 0.300. The van der Waals surface area contributed by atoms with Crippen LogP contribution >= 0.6 is 22.6 Å². The maximum absolute atomic E-state index is 10.7. The molecule has 1 aromatic rings. The lowest BCUT2D eigenvalue weighted by Crippen LogP contribution is -1.93. The first-order chi connectivity index (χ1) is 5.83. The topological polar surface area (TPSA) is 17.1 Å². The van der Waals surface area contributed by atoms with Crippen molar-refractivity contribution in [2.75, 3.05) is 0 Å². The van der Waals surface area contributed by atoms with Crippen molar-refractivity contribution >= 4 is 28.9 Å². The molecule has 1 nitrogen and oxygen atoms in total. The molecule has 2 heteroatoms. The van der Waals surface area contributed by atoms with Gasteiger partial charge in [-0.2, -0.15) is 0 Å². The molecule has 2 rings (SSSR count). The normalized spacial score (nSPS) is 16.1. The van der Waals surface area contributed by atoms with Crippen LogP contribution in [-0.2, 0) is 0 Å². The van der Waals surface area contributed by atoms with Crippen molar-refractivity contribution in [1.29, 1.82) is 0 Å². The Balaban J connectivity index is 2.52. The smallest absolute Gasteiger partial charge is 0.150 e. The Morgan fingerprint density at radius 1 is 1.42 bits per heavy atom. The Labute approximate surface area is 85.3 Å². The third kappa shape index (κ3) is 1.40. The van der Waals surface area contributed by atoms with Crippen LogP contribution in [0.1, 0.15) is 34.7 Å². The predicted octanol–water partition coefficient (Wildman–Crippen LogP) is 2.98. The summed E-state index contributed by atoms with van der Waals surface area (Å²) in [6, 6.07) is 5.92. The molecule has 12 heavy (non-hydrogen) atoms. The number of hydrogen-bond acceptors (Lipinski definition) is 1. The monoisotopic (exact) mass is 272 g/mol. The number of carbonyl (C=O) groups excluding carboxylic acids is 1. The van der Waals surface area contributed by atoms with Gasteiger partial charge in [0.15, 0.2) is 0 Å². The Morgan fingerprint density at radius 3 is 2.75 bits per heavy atom. The van der Waals surface area contributed by atoms with Crippen LogP contribution in [0.15, 0.2) is 18.2 Å². The van der Waals surface area contributed by atoms with Crippen LogP contribution in [-0.4, -0.2) is 6.29 Å². The zero-order valence-corrected chi connectivity index (χ0v) is 8.74. The van der Waals surface area contributed by atoms with E-state index in [1.165, 1.54) is 22.0 Å². The Bertz CT molecular complexity index is 316. The van der Waals surface area contributed by atoms with Crippen LogP contribution in [0.25, 0.3) is 0 Å². The molecule has 62 valence electrons. The quantitative estimate of drug-likeness (QED) is 0.597. The van der Waals surface area contributed by atoms with Crippen LogP contribution in [0.5, 0.6) is 0 Å². The van der Waals surface area contributed by atoms with Crippen molar-refractivity contribution < 1.29 is 4.79 Å². The zero-order chi connectivity index (χ0) is 8.55. The minimum atomic E-state index is 0.665. The number of rotatable bonds is 2. The summed E-state index contributed by atoms with van der Waals surface area (Å²) in [5.74, 6) is 0.665. The number of hydrogen-bond donors (Lipinski definition) is 0. The highest BCUT2D eigenvalue weighted by molar-refractivity contribution is 14.1. The first-order valence-corrected chi connectivity index (χ1v) is 5.14. The van der Waals surface area contributed by atoms with Gasteiger partial charge in [-0.15, -0.1) is 0 Å². The van der Waals surface area contributed by atoms with E-state index in [-0.39, 0.29) is 0 Å². The van der Waals surface area contributed by atoms with Crippen molar-refractivity contribution in [3.8, 4) is 0 Å². The van der Waals surface area contributed by atoms with Gasteiger partial charge in [0.1, 0.15) is 6.29 Å². The minimum absolute atomic E-state index is 0.665. The molecule has 1 saturated carbocycles. The van der Waals surface area contributed by atoms with Crippen LogP contribution in [0, 0.1) is 3.57 Å². The number of benzene rings is 1. The Hall–Kier alpha value is -0.380. The summed E-state index contributed by atoms with van der Waals surface area (Å²) < 4.78 is 1.24. The molecular formula is C10H9IO. The maximum atomic E-state index is 10.7. The van der Waals surface area contributed by atoms with Gasteiger partial charge in [0.25, 0.3) is 0 Å². The van der Waals surface area contributed by atoms with E-state index >= 15 is 0 Å². The second-order valence-electron chi connectivity index (χ2n) is 3.13. The molecule has 1 aromatic carbocycles. The van der Waals surface area contributed by atoms with E-state index in [0.29, 0.717) is 5.92 Å². The highest BCUT2D eigenvalue weighted by atomic mass is 127. The maximum Gasteiger partial charge on any atom is 0.150 e. The van der Waals surface area contributed by atoms with Gasteiger partial charge < -0.3 is 0 Å². The van der Waals surface area contributed by atoms with Gasteiger partial charge in [0.05, 0.1) is 0 Å². The number of aldehydes is 1. The van der Waals surface area contributed by atoms with Gasteiger partial charge in [-0.25, -0.2) is 0 Å². The molecular weight excluding hydrogens is 263 g/mol. The van der Waals surface area contributed by atoms with Crippen molar-refractivity contribution in [2.45, 2.75) is 18.8 Å². The molecule has 0 heterocycles. The SMILES string of the molecule is O=Cc1cccc(I)c1C1CC1. The molecule has 0 N–H and O–H groups in total. The lowest BCUT2D eigenvalue weighted by Gasteiger charge is -2.04. The highest BCUT2D eigenvalue weighted by Gasteiger charge is 2.27. The van der Waals surface area contributed by atoms with Crippen LogP contribution < -0.4 is 0 Å². The number of carbonyl (C=O) groups is 1. The third-order valence-corrected chi connectivity index (χ3v) is 3.14. The summed E-state index contributed by atoms with van der Waals surface area (Å²) in [4.78, 5) is 10.7. The van der Waals surface area contributed by atoms with Crippen LogP contribution in [0.2, 0.25) is 0 Å². The molecule has 1 aliphatic carbocycles. The van der Waals surface area contributed by atoms with E-state index in [1.807, 2.05) is 12.1 Å². The molecule has 0 spiro atoms. The summed E-state index contributed by atoms with van der Waals surface area (Å²) >= 11 is 2.31.